The molecule has 0 unspecified atom stereocenters. The quantitative estimate of drug-likeness (QED) is 0.299. The summed E-state index contributed by atoms with van der Waals surface area (Å²) in [6.07, 6.45) is 3.51. The van der Waals surface area contributed by atoms with Crippen LogP contribution in [0, 0.1) is 0 Å². The summed E-state index contributed by atoms with van der Waals surface area (Å²) < 4.78 is 9.10. The molecule has 0 fully saturated rings. The number of carbonyl (C=O) groups excluding carboxylic acids is 2. The van der Waals surface area contributed by atoms with Crippen molar-refractivity contribution in [2.24, 2.45) is 0 Å². The van der Waals surface area contributed by atoms with Gasteiger partial charge in [0.1, 0.15) is 0 Å². The van der Waals surface area contributed by atoms with Gasteiger partial charge in [-0.15, -0.1) is 0 Å². The van der Waals surface area contributed by atoms with Gasteiger partial charge >= 0.3 is 11.9 Å². The minimum atomic E-state index is -0.582. The van der Waals surface area contributed by atoms with Gasteiger partial charge in [-0.05, 0) is 24.6 Å². The normalized spacial score (nSPS) is 10.0. The van der Waals surface area contributed by atoms with E-state index in [2.05, 4.69) is 4.74 Å². The maximum absolute atomic E-state index is 11.0. The van der Waals surface area contributed by atoms with Crippen LogP contribution in [0.5, 0.6) is 0 Å². The second-order valence-electron chi connectivity index (χ2n) is 2.83. The Labute approximate surface area is 94.2 Å². The van der Waals surface area contributed by atoms with Crippen molar-refractivity contribution in [1.29, 1.82) is 0 Å². The maximum Gasteiger partial charge on any atom is 0.331 e. The Bertz CT molecular complexity index is 271. The Morgan fingerprint density at radius 3 is 2.40 bits per heavy atom. The lowest BCUT2D eigenvalue weighted by molar-refractivity contribution is -0.139. The Hall–Kier alpha value is -1.23. The molecule has 15 heavy (non-hydrogen) atoms. The molecule has 0 bridgehead atoms. The Kier molecular flexibility index (Phi) is 7.44. The van der Waals surface area contributed by atoms with Crippen LogP contribution < -0.4 is 0 Å². The van der Waals surface area contributed by atoms with Gasteiger partial charge in [-0.2, -0.15) is 0 Å². The molecular formula is C10H14O4S. The molecule has 0 saturated carbocycles. The van der Waals surface area contributed by atoms with Crippen LogP contribution in [0.15, 0.2) is 12.2 Å². The smallest absolute Gasteiger partial charge is 0.331 e. The monoisotopic (exact) mass is 230 g/mol. The average Bonchev–Trinajstić information content (AvgIpc) is 2.20. The Morgan fingerprint density at radius 1 is 1.27 bits per heavy atom. The molecule has 0 aliphatic carbocycles. The number of methoxy groups -OCH3 is 1. The third-order valence-electron chi connectivity index (χ3n) is 1.47. The van der Waals surface area contributed by atoms with Crippen molar-refractivity contribution < 1.29 is 19.1 Å². The maximum atomic E-state index is 11.0. The van der Waals surface area contributed by atoms with Gasteiger partial charge in [0.25, 0.3) is 0 Å². The number of carbonyl (C=O) groups is 2. The van der Waals surface area contributed by atoms with E-state index in [1.54, 1.807) is 0 Å². The fourth-order valence-electron chi connectivity index (χ4n) is 0.746. The van der Waals surface area contributed by atoms with Crippen molar-refractivity contribution in [3.63, 3.8) is 0 Å². The Morgan fingerprint density at radius 2 is 1.87 bits per heavy atom. The van der Waals surface area contributed by atoms with Crippen molar-refractivity contribution in [3.05, 3.63) is 12.2 Å². The standard InChI is InChI=1S/C10H14O4S/c1-8(15)4-3-7-14-10(12)6-5-9(11)13-2/h5-6H,3-4,7H2,1-2H3/b6-5+. The summed E-state index contributed by atoms with van der Waals surface area (Å²) in [6, 6.07) is 0. The zero-order valence-corrected chi connectivity index (χ0v) is 9.63. The predicted molar refractivity (Wildman–Crippen MR) is 59.6 cm³/mol. The van der Waals surface area contributed by atoms with Crippen LogP contribution >= 0.6 is 12.2 Å². The molecule has 0 aromatic carbocycles. The van der Waals surface area contributed by atoms with Gasteiger partial charge < -0.3 is 9.47 Å². The first-order chi connectivity index (χ1) is 7.06. The summed E-state index contributed by atoms with van der Waals surface area (Å²) in [4.78, 5) is 22.4. The molecule has 0 rings (SSSR count). The summed E-state index contributed by atoms with van der Waals surface area (Å²) in [7, 11) is 1.24. The first-order valence-corrected chi connectivity index (χ1v) is 4.89. The number of esters is 2. The predicted octanol–water partition coefficient (Wildman–Crippen LogP) is 1.43. The lowest BCUT2D eigenvalue weighted by Crippen LogP contribution is -2.05. The van der Waals surface area contributed by atoms with E-state index in [-0.39, 0.29) is 0 Å². The largest absolute Gasteiger partial charge is 0.466 e. The van der Waals surface area contributed by atoms with Gasteiger partial charge in [-0.1, -0.05) is 12.2 Å². The van der Waals surface area contributed by atoms with E-state index in [0.717, 1.165) is 23.4 Å². The van der Waals surface area contributed by atoms with E-state index in [1.807, 2.05) is 6.92 Å². The number of ether oxygens (including phenoxy) is 2. The minimum Gasteiger partial charge on any atom is -0.466 e. The molecule has 0 aromatic rings. The van der Waals surface area contributed by atoms with Crippen molar-refractivity contribution >= 4 is 29.0 Å². The average molecular weight is 230 g/mol. The highest BCUT2D eigenvalue weighted by Gasteiger charge is 1.99. The van der Waals surface area contributed by atoms with E-state index in [9.17, 15) is 9.59 Å². The van der Waals surface area contributed by atoms with E-state index in [1.165, 1.54) is 7.11 Å². The first kappa shape index (κ1) is 13.8. The SMILES string of the molecule is COC(=O)/C=C/C(=O)OCCCC(C)=S. The molecule has 0 atom stereocenters. The van der Waals surface area contributed by atoms with Gasteiger partial charge in [-0.3, -0.25) is 0 Å². The lowest BCUT2D eigenvalue weighted by atomic mass is 10.3. The molecular weight excluding hydrogens is 216 g/mol. The van der Waals surface area contributed by atoms with Crippen LogP contribution in [0.25, 0.3) is 0 Å². The van der Waals surface area contributed by atoms with Crippen molar-refractivity contribution in [3.8, 4) is 0 Å². The fraction of sp³-hybridized carbons (Fsp3) is 0.500. The highest BCUT2D eigenvalue weighted by molar-refractivity contribution is 7.80. The third kappa shape index (κ3) is 9.08. The Balaban J connectivity index is 3.62. The highest BCUT2D eigenvalue weighted by atomic mass is 32.1. The molecule has 0 heterocycles. The van der Waals surface area contributed by atoms with E-state index in [0.29, 0.717) is 13.0 Å². The number of hydrogen-bond acceptors (Lipinski definition) is 5. The van der Waals surface area contributed by atoms with Gasteiger partial charge in [-0.25, -0.2) is 9.59 Å². The van der Waals surface area contributed by atoms with Crippen molar-refractivity contribution in [2.75, 3.05) is 13.7 Å². The summed E-state index contributed by atoms with van der Waals surface area (Å²) in [6.45, 7) is 2.15. The molecule has 0 radical (unpaired) electrons. The van der Waals surface area contributed by atoms with Crippen LogP contribution in [0.1, 0.15) is 19.8 Å². The molecule has 0 spiro atoms. The zero-order chi connectivity index (χ0) is 11.7. The van der Waals surface area contributed by atoms with E-state index >= 15 is 0 Å². The number of thiocarbonyl (C=S) groups is 1. The topological polar surface area (TPSA) is 52.6 Å². The van der Waals surface area contributed by atoms with Crippen molar-refractivity contribution in [2.45, 2.75) is 19.8 Å². The van der Waals surface area contributed by atoms with Crippen molar-refractivity contribution in [1.82, 2.24) is 0 Å². The summed E-state index contributed by atoms with van der Waals surface area (Å²) >= 11 is 4.86. The van der Waals surface area contributed by atoms with Crippen LogP contribution in [-0.4, -0.2) is 30.5 Å². The minimum absolute atomic E-state index is 0.304. The highest BCUT2D eigenvalue weighted by Crippen LogP contribution is 1.94. The zero-order valence-electron chi connectivity index (χ0n) is 8.82. The van der Waals surface area contributed by atoms with Crippen LogP contribution in [0.3, 0.4) is 0 Å². The molecule has 0 N–H and O–H groups in total. The van der Waals surface area contributed by atoms with Gasteiger partial charge in [0.15, 0.2) is 0 Å². The number of hydrogen-bond donors (Lipinski definition) is 0. The third-order valence-corrected chi connectivity index (χ3v) is 1.68. The second-order valence-corrected chi connectivity index (χ2v) is 3.53. The second kappa shape index (κ2) is 8.11. The first-order valence-electron chi connectivity index (χ1n) is 4.48. The molecule has 0 saturated heterocycles. The van der Waals surface area contributed by atoms with Crippen LogP contribution in [0.4, 0.5) is 0 Å². The molecule has 0 aromatic heterocycles. The molecule has 0 aliphatic rings. The van der Waals surface area contributed by atoms with Gasteiger partial charge in [0, 0.05) is 12.2 Å². The molecule has 0 amide bonds. The van der Waals surface area contributed by atoms with Gasteiger partial charge in [0.2, 0.25) is 0 Å². The lowest BCUT2D eigenvalue weighted by Gasteiger charge is -2.00. The fourth-order valence-corrected chi connectivity index (χ4v) is 0.890. The van der Waals surface area contributed by atoms with E-state index < -0.39 is 11.9 Å². The summed E-state index contributed by atoms with van der Waals surface area (Å²) in [5.74, 6) is -1.14. The summed E-state index contributed by atoms with van der Waals surface area (Å²) in [5, 5.41) is 0. The molecule has 5 heteroatoms. The van der Waals surface area contributed by atoms with Crippen LogP contribution in [0.2, 0.25) is 0 Å². The molecule has 4 nitrogen and oxygen atoms in total. The number of rotatable bonds is 6. The van der Waals surface area contributed by atoms with Gasteiger partial charge in [0.05, 0.1) is 13.7 Å². The molecule has 0 aliphatic heterocycles. The van der Waals surface area contributed by atoms with E-state index in [4.69, 9.17) is 17.0 Å². The van der Waals surface area contributed by atoms with Crippen LogP contribution in [-0.2, 0) is 19.1 Å². The summed E-state index contributed by atoms with van der Waals surface area (Å²) in [5.41, 5.74) is 0. The molecule has 84 valence electrons.